The molecule has 2 aromatic heterocycles. The molecule has 0 spiro atoms. The molecule has 2 fully saturated rings. The van der Waals surface area contributed by atoms with Gasteiger partial charge in [-0.1, -0.05) is 5.16 Å². The number of nitrogens with two attached hydrogens (primary N) is 1. The number of β-lactam (4-membered cyclic amide) rings is 1. The highest BCUT2D eigenvalue weighted by Gasteiger charge is 2.54. The molecule has 6 N–H and O–H groups in total. The Morgan fingerprint density at radius 3 is 2.63 bits per heavy atom. The van der Waals surface area contributed by atoms with Crippen LogP contribution in [0.25, 0.3) is 0 Å². The van der Waals surface area contributed by atoms with E-state index >= 15 is 0 Å². The number of fused-ring (bicyclic) bond motifs is 1. The van der Waals surface area contributed by atoms with Gasteiger partial charge in [0.1, 0.15) is 11.4 Å². The zero-order chi connectivity index (χ0) is 30.7. The van der Waals surface area contributed by atoms with Crippen molar-refractivity contribution in [1.82, 2.24) is 24.9 Å². The van der Waals surface area contributed by atoms with Gasteiger partial charge in [0, 0.05) is 66.6 Å². The van der Waals surface area contributed by atoms with Gasteiger partial charge in [0.2, 0.25) is 17.1 Å². The van der Waals surface area contributed by atoms with Crippen LogP contribution in [0.4, 0.5) is 10.8 Å². The number of oxime groups is 1. The number of aromatic nitrogens is 3. The normalized spacial score (nSPS) is 20.9. The van der Waals surface area contributed by atoms with E-state index in [2.05, 4.69) is 30.5 Å². The summed E-state index contributed by atoms with van der Waals surface area (Å²) in [6.45, 7) is 1.76. The zero-order valence-electron chi connectivity index (χ0n) is 22.9. The number of carbonyl (C=O) groups is 4. The van der Waals surface area contributed by atoms with Crippen molar-refractivity contribution in [3.05, 3.63) is 41.6 Å². The van der Waals surface area contributed by atoms with Crippen molar-refractivity contribution >= 4 is 63.6 Å². The number of likely N-dealkylation sites (N-methyl/N-ethyl adjacent to an activating group) is 1. The predicted octanol–water partition coefficient (Wildman–Crippen LogP) is -2.13. The Morgan fingerprint density at radius 2 is 2.05 bits per heavy atom. The molecule has 16 nitrogen and oxygen atoms in total. The molecule has 5 rings (SSSR count). The molecule has 43 heavy (non-hydrogen) atoms. The fraction of sp³-hybridized carbons (Fsp3) is 0.440. The van der Waals surface area contributed by atoms with Crippen molar-refractivity contribution in [2.45, 2.75) is 42.8 Å². The summed E-state index contributed by atoms with van der Waals surface area (Å²) in [5, 5.41) is 33.7. The number of carboxylic acids is 2. The number of carboxylic acid groups (broad SMARTS) is 2. The van der Waals surface area contributed by atoms with E-state index in [0.717, 1.165) is 35.2 Å². The Hall–Kier alpha value is -4.29. The van der Waals surface area contributed by atoms with Crippen molar-refractivity contribution in [2.24, 2.45) is 5.16 Å². The van der Waals surface area contributed by atoms with Gasteiger partial charge in [-0.15, -0.1) is 11.8 Å². The number of anilines is 2. The van der Waals surface area contributed by atoms with Crippen LogP contribution in [-0.2, 0) is 30.6 Å². The number of amides is 2. The van der Waals surface area contributed by atoms with Crippen molar-refractivity contribution < 1.29 is 38.8 Å². The summed E-state index contributed by atoms with van der Waals surface area (Å²) in [6.07, 6.45) is 4.64. The van der Waals surface area contributed by atoms with Crippen molar-refractivity contribution in [3.8, 4) is 0 Å². The van der Waals surface area contributed by atoms with Gasteiger partial charge in [-0.05, 0) is 13.5 Å². The molecular formula is C25H29N9O7S2. The quantitative estimate of drug-likeness (QED) is 0.0524. The van der Waals surface area contributed by atoms with E-state index in [4.69, 9.17) is 10.6 Å². The van der Waals surface area contributed by atoms with Crippen molar-refractivity contribution in [2.75, 3.05) is 36.9 Å². The lowest BCUT2D eigenvalue weighted by Gasteiger charge is -2.50. The molecule has 2 aromatic rings. The predicted molar refractivity (Wildman–Crippen MR) is 152 cm³/mol. The number of pyridine rings is 1. The first kappa shape index (κ1) is 30.2. The number of hydrogen-bond donors (Lipinski definition) is 5. The molecule has 228 valence electrons. The summed E-state index contributed by atoms with van der Waals surface area (Å²) in [5.41, 5.74) is 4.80. The molecule has 2 unspecified atom stereocenters. The molecule has 2 amide bonds. The SMILES string of the molecule is CNCCNc1cc[n+](CC2=C(C(=O)[O-])N3C(=O)C(NC(=O)/C(=N\OC4(C(=O)O)CCC4)c4nsc(N)n4)C3SC2)cc1. The molecular weight excluding hydrogens is 602 g/mol. The molecule has 1 saturated heterocycles. The summed E-state index contributed by atoms with van der Waals surface area (Å²) in [4.78, 5) is 60.7. The lowest BCUT2D eigenvalue weighted by molar-refractivity contribution is -0.689. The van der Waals surface area contributed by atoms with Crippen LogP contribution in [0.3, 0.4) is 0 Å². The van der Waals surface area contributed by atoms with Gasteiger partial charge >= 0.3 is 5.97 Å². The van der Waals surface area contributed by atoms with Gasteiger partial charge in [-0.25, -0.2) is 9.36 Å². The Bertz CT molecular complexity index is 1490. The number of nitrogens with one attached hydrogen (secondary N) is 3. The van der Waals surface area contributed by atoms with Crippen LogP contribution in [0.5, 0.6) is 0 Å². The molecule has 2 aliphatic heterocycles. The maximum Gasteiger partial charge on any atom is 0.350 e. The number of carbonyl (C=O) groups excluding carboxylic acids is 3. The molecule has 3 aliphatic rings. The molecule has 1 saturated carbocycles. The van der Waals surface area contributed by atoms with Gasteiger partial charge in [0.05, 0.1) is 11.7 Å². The average Bonchev–Trinajstić information content (AvgIpc) is 3.39. The number of aliphatic carboxylic acids is 2. The average molecular weight is 632 g/mol. The van der Waals surface area contributed by atoms with E-state index < -0.39 is 46.5 Å². The van der Waals surface area contributed by atoms with Gasteiger partial charge < -0.3 is 41.5 Å². The topological polar surface area (TPSA) is 228 Å². The number of nitrogen functional groups attached to an aromatic ring is 1. The summed E-state index contributed by atoms with van der Waals surface area (Å²) >= 11 is 2.08. The highest BCUT2D eigenvalue weighted by molar-refractivity contribution is 8.00. The second-order valence-electron chi connectivity index (χ2n) is 10.0. The highest BCUT2D eigenvalue weighted by Crippen LogP contribution is 2.40. The Morgan fingerprint density at radius 1 is 1.30 bits per heavy atom. The fourth-order valence-corrected chi connectivity index (χ4v) is 6.50. The van der Waals surface area contributed by atoms with Gasteiger partial charge in [-0.2, -0.15) is 9.36 Å². The van der Waals surface area contributed by atoms with Gasteiger partial charge in [0.25, 0.3) is 11.8 Å². The standard InChI is InChI=1S/C25H29N9O7S2/c1-27-7-8-28-14-3-9-33(10-4-14)11-13-12-42-21-16(20(36)34(21)17(13)22(37)38)29-19(35)15(18-30-24(26)43-32-18)31-41-25(23(39)40)5-2-6-25/h3-4,9-10,16,21,27H,2,5-8,11-12H2,1H3,(H5,26,29,30,32,35,37,38,39,40)/b31-15-. The Balaban J connectivity index is 1.30. The van der Waals surface area contributed by atoms with Crippen LogP contribution in [-0.4, -0.2) is 91.7 Å². The number of nitrogens with zero attached hydrogens (tertiary/aromatic N) is 5. The van der Waals surface area contributed by atoms with E-state index in [1.165, 1.54) is 11.8 Å². The Kier molecular flexibility index (Phi) is 8.79. The number of hydrogen-bond acceptors (Lipinski definition) is 14. The molecule has 0 radical (unpaired) electrons. The summed E-state index contributed by atoms with van der Waals surface area (Å²) in [7, 11) is 1.86. The monoisotopic (exact) mass is 631 g/mol. The zero-order valence-corrected chi connectivity index (χ0v) is 24.6. The van der Waals surface area contributed by atoms with Gasteiger partial charge in [0.15, 0.2) is 24.1 Å². The minimum absolute atomic E-state index is 0.0367. The second-order valence-corrected chi connectivity index (χ2v) is 11.9. The van der Waals surface area contributed by atoms with Crippen molar-refractivity contribution in [3.63, 3.8) is 0 Å². The van der Waals surface area contributed by atoms with Crippen LogP contribution in [0, 0.1) is 0 Å². The van der Waals surface area contributed by atoms with E-state index in [1.807, 2.05) is 19.2 Å². The summed E-state index contributed by atoms with van der Waals surface area (Å²) < 4.78 is 5.77. The maximum atomic E-state index is 13.3. The minimum Gasteiger partial charge on any atom is -0.543 e. The van der Waals surface area contributed by atoms with E-state index in [9.17, 15) is 29.4 Å². The molecule has 2 atom stereocenters. The van der Waals surface area contributed by atoms with E-state index in [0.29, 0.717) is 12.0 Å². The smallest absolute Gasteiger partial charge is 0.350 e. The first-order chi connectivity index (χ1) is 20.6. The molecule has 0 bridgehead atoms. The summed E-state index contributed by atoms with van der Waals surface area (Å²) in [5.74, 6) is -4.19. The third kappa shape index (κ3) is 6.11. The molecule has 18 heteroatoms. The third-order valence-electron chi connectivity index (χ3n) is 7.23. The molecule has 1 aliphatic carbocycles. The minimum atomic E-state index is -1.57. The first-order valence-corrected chi connectivity index (χ1v) is 15.1. The fourth-order valence-electron chi connectivity index (χ4n) is 4.73. The lowest BCUT2D eigenvalue weighted by atomic mass is 9.80. The summed E-state index contributed by atoms with van der Waals surface area (Å²) in [6, 6.07) is 2.64. The van der Waals surface area contributed by atoms with Crippen LogP contribution in [0.15, 0.2) is 41.0 Å². The second kappa shape index (κ2) is 12.5. The number of rotatable bonds is 13. The largest absolute Gasteiger partial charge is 0.543 e. The third-order valence-corrected chi connectivity index (χ3v) is 9.11. The number of thioether (sulfide) groups is 1. The van der Waals surface area contributed by atoms with Gasteiger partial charge in [-0.3, -0.25) is 14.5 Å². The van der Waals surface area contributed by atoms with Crippen LogP contribution < -0.4 is 31.4 Å². The highest BCUT2D eigenvalue weighted by atomic mass is 32.2. The molecule has 0 aromatic carbocycles. The van der Waals surface area contributed by atoms with E-state index in [1.54, 1.807) is 17.0 Å². The van der Waals surface area contributed by atoms with Crippen LogP contribution in [0.2, 0.25) is 0 Å². The maximum absolute atomic E-state index is 13.3. The van der Waals surface area contributed by atoms with E-state index in [-0.39, 0.29) is 41.8 Å². The molecule has 4 heterocycles. The first-order valence-electron chi connectivity index (χ1n) is 13.3. The lowest BCUT2D eigenvalue weighted by Crippen LogP contribution is -2.71. The van der Waals surface area contributed by atoms with Crippen molar-refractivity contribution in [1.29, 1.82) is 0 Å². The Labute approximate surface area is 253 Å². The van der Waals surface area contributed by atoms with Crippen LogP contribution in [0.1, 0.15) is 25.1 Å². The van der Waals surface area contributed by atoms with Crippen LogP contribution >= 0.6 is 23.3 Å².